The van der Waals surface area contributed by atoms with Crippen molar-refractivity contribution < 1.29 is 9.18 Å². The Bertz CT molecular complexity index is 696. The van der Waals surface area contributed by atoms with E-state index in [0.29, 0.717) is 6.54 Å². The fourth-order valence-corrected chi connectivity index (χ4v) is 3.04. The van der Waals surface area contributed by atoms with Crippen LogP contribution in [0.4, 0.5) is 21.5 Å². The normalized spacial score (nSPS) is 14.2. The van der Waals surface area contributed by atoms with Crippen molar-refractivity contribution in [3.63, 3.8) is 0 Å². The predicted octanol–water partition coefficient (Wildman–Crippen LogP) is 4.26. The van der Waals surface area contributed by atoms with Crippen molar-refractivity contribution in [3.05, 3.63) is 54.3 Å². The summed E-state index contributed by atoms with van der Waals surface area (Å²) in [5.74, 6) is -0.625. The first-order valence-electron chi connectivity index (χ1n) is 8.85. The average Bonchev–Trinajstić information content (AvgIpc) is 2.65. The molecule has 4 nitrogen and oxygen atoms in total. The predicted molar refractivity (Wildman–Crippen MR) is 101 cm³/mol. The van der Waals surface area contributed by atoms with Crippen LogP contribution in [0.3, 0.4) is 0 Å². The van der Waals surface area contributed by atoms with Gasteiger partial charge in [-0.25, -0.2) is 4.39 Å². The maximum Gasteiger partial charge on any atom is 0.226 e. The summed E-state index contributed by atoms with van der Waals surface area (Å²) in [6.45, 7) is 2.76. The molecule has 1 heterocycles. The van der Waals surface area contributed by atoms with Gasteiger partial charge in [-0.1, -0.05) is 12.1 Å². The van der Waals surface area contributed by atoms with Gasteiger partial charge in [-0.05, 0) is 55.7 Å². The lowest BCUT2D eigenvalue weighted by Crippen LogP contribution is -2.29. The van der Waals surface area contributed by atoms with Crippen LogP contribution < -0.4 is 15.5 Å². The number of halogens is 1. The van der Waals surface area contributed by atoms with Gasteiger partial charge in [-0.2, -0.15) is 0 Å². The van der Waals surface area contributed by atoms with E-state index in [4.69, 9.17) is 0 Å². The van der Waals surface area contributed by atoms with E-state index in [0.717, 1.165) is 18.8 Å². The van der Waals surface area contributed by atoms with Gasteiger partial charge in [0.2, 0.25) is 5.91 Å². The minimum absolute atomic E-state index is 0.206. The fraction of sp³-hybridized carbons (Fsp3) is 0.350. The quantitative estimate of drug-likeness (QED) is 0.825. The second-order valence-corrected chi connectivity index (χ2v) is 6.30. The number of anilines is 3. The number of carbonyl (C=O) groups excluding carboxylic acids is 1. The van der Waals surface area contributed by atoms with E-state index in [1.807, 2.05) is 12.1 Å². The highest BCUT2D eigenvalue weighted by Crippen LogP contribution is 2.21. The first kappa shape index (κ1) is 17.3. The van der Waals surface area contributed by atoms with Crippen LogP contribution in [0.15, 0.2) is 48.5 Å². The highest BCUT2D eigenvalue weighted by Gasteiger charge is 2.10. The van der Waals surface area contributed by atoms with Gasteiger partial charge in [0.15, 0.2) is 0 Å². The summed E-state index contributed by atoms with van der Waals surface area (Å²) in [6.07, 6.45) is 4.13. The number of nitrogens with zero attached hydrogens (tertiary/aromatic N) is 1. The van der Waals surface area contributed by atoms with Crippen molar-refractivity contribution in [1.82, 2.24) is 0 Å². The number of nitrogens with one attached hydrogen (secondary N) is 2. The molecule has 0 atom stereocenters. The molecule has 1 saturated heterocycles. The van der Waals surface area contributed by atoms with Crippen molar-refractivity contribution in [3.8, 4) is 0 Å². The maximum absolute atomic E-state index is 13.5. The van der Waals surface area contributed by atoms with Gasteiger partial charge in [0.1, 0.15) is 5.82 Å². The van der Waals surface area contributed by atoms with Crippen LogP contribution in [0.25, 0.3) is 0 Å². The first-order valence-corrected chi connectivity index (χ1v) is 8.85. The molecule has 0 aromatic heterocycles. The minimum Gasteiger partial charge on any atom is -0.385 e. The van der Waals surface area contributed by atoms with Crippen molar-refractivity contribution in [1.29, 1.82) is 0 Å². The third-order valence-corrected chi connectivity index (χ3v) is 4.42. The number of benzene rings is 2. The third kappa shape index (κ3) is 4.95. The van der Waals surface area contributed by atoms with Gasteiger partial charge in [-0.15, -0.1) is 0 Å². The second-order valence-electron chi connectivity index (χ2n) is 6.30. The summed E-state index contributed by atoms with van der Waals surface area (Å²) < 4.78 is 13.5. The van der Waals surface area contributed by atoms with E-state index in [-0.39, 0.29) is 18.0 Å². The topological polar surface area (TPSA) is 44.4 Å². The monoisotopic (exact) mass is 341 g/mol. The van der Waals surface area contributed by atoms with E-state index >= 15 is 0 Å². The zero-order valence-electron chi connectivity index (χ0n) is 14.3. The maximum atomic E-state index is 13.5. The van der Waals surface area contributed by atoms with Crippen LogP contribution in [-0.4, -0.2) is 25.5 Å². The van der Waals surface area contributed by atoms with Gasteiger partial charge in [0.05, 0.1) is 5.69 Å². The Hall–Kier alpha value is -2.56. The molecule has 0 aliphatic carbocycles. The molecule has 0 unspecified atom stereocenters. The summed E-state index contributed by atoms with van der Waals surface area (Å²) in [4.78, 5) is 14.3. The Balaban J connectivity index is 1.44. The first-order chi connectivity index (χ1) is 12.2. The number of amides is 1. The van der Waals surface area contributed by atoms with Gasteiger partial charge in [0.25, 0.3) is 0 Å². The zero-order chi connectivity index (χ0) is 17.5. The van der Waals surface area contributed by atoms with Crippen molar-refractivity contribution in [2.75, 3.05) is 35.2 Å². The molecule has 0 saturated carbocycles. The highest BCUT2D eigenvalue weighted by atomic mass is 19.1. The molecule has 1 aliphatic heterocycles. The molecule has 132 valence electrons. The molecule has 1 amide bonds. The Morgan fingerprint density at radius 1 is 1.00 bits per heavy atom. The number of rotatable bonds is 6. The highest BCUT2D eigenvalue weighted by molar-refractivity contribution is 5.91. The molecular formula is C20H24FN3O. The van der Waals surface area contributed by atoms with Crippen LogP contribution >= 0.6 is 0 Å². The molecule has 25 heavy (non-hydrogen) atoms. The Morgan fingerprint density at radius 3 is 2.44 bits per heavy atom. The van der Waals surface area contributed by atoms with Gasteiger partial charge < -0.3 is 15.5 Å². The molecule has 0 bridgehead atoms. The molecule has 5 heteroatoms. The van der Waals surface area contributed by atoms with E-state index in [1.54, 1.807) is 18.2 Å². The van der Waals surface area contributed by atoms with Gasteiger partial charge in [-0.3, -0.25) is 4.79 Å². The molecule has 3 rings (SSSR count). The van der Waals surface area contributed by atoms with Crippen LogP contribution in [0.2, 0.25) is 0 Å². The molecule has 2 N–H and O–H groups in total. The largest absolute Gasteiger partial charge is 0.385 e. The Labute approximate surface area is 148 Å². The van der Waals surface area contributed by atoms with E-state index in [1.165, 1.54) is 31.0 Å². The lowest BCUT2D eigenvalue weighted by molar-refractivity contribution is -0.116. The summed E-state index contributed by atoms with van der Waals surface area (Å²) in [5, 5.41) is 5.82. The smallest absolute Gasteiger partial charge is 0.226 e. The number of carbonyl (C=O) groups is 1. The van der Waals surface area contributed by atoms with Gasteiger partial charge in [0, 0.05) is 37.4 Å². The molecule has 0 spiro atoms. The van der Waals surface area contributed by atoms with Crippen molar-refractivity contribution in [2.24, 2.45) is 0 Å². The van der Waals surface area contributed by atoms with E-state index in [2.05, 4.69) is 27.7 Å². The zero-order valence-corrected chi connectivity index (χ0v) is 14.3. The van der Waals surface area contributed by atoms with Crippen molar-refractivity contribution >= 4 is 23.0 Å². The molecule has 0 radical (unpaired) electrons. The van der Waals surface area contributed by atoms with Gasteiger partial charge >= 0.3 is 0 Å². The van der Waals surface area contributed by atoms with Crippen LogP contribution in [0, 0.1) is 5.82 Å². The Morgan fingerprint density at radius 2 is 1.72 bits per heavy atom. The average molecular weight is 341 g/mol. The van der Waals surface area contributed by atoms with Crippen LogP contribution in [0.1, 0.15) is 25.7 Å². The standard InChI is InChI=1S/C20H24FN3O/c21-18-6-2-3-7-19(18)23-20(25)12-13-22-16-8-10-17(11-9-16)24-14-4-1-5-15-24/h2-3,6-11,22H,1,4-5,12-15H2,(H,23,25). The molecule has 2 aromatic carbocycles. The summed E-state index contributed by atoms with van der Waals surface area (Å²) in [5.41, 5.74) is 2.46. The summed E-state index contributed by atoms with van der Waals surface area (Å²) in [6, 6.07) is 14.5. The number of hydrogen-bond donors (Lipinski definition) is 2. The molecule has 2 aromatic rings. The van der Waals surface area contributed by atoms with E-state index in [9.17, 15) is 9.18 Å². The number of para-hydroxylation sites is 1. The fourth-order valence-electron chi connectivity index (χ4n) is 3.04. The Kier molecular flexibility index (Phi) is 5.88. The van der Waals surface area contributed by atoms with Crippen LogP contribution in [-0.2, 0) is 4.79 Å². The number of piperidine rings is 1. The number of hydrogen-bond acceptors (Lipinski definition) is 3. The summed E-state index contributed by atoms with van der Waals surface area (Å²) in [7, 11) is 0. The molecular weight excluding hydrogens is 317 g/mol. The lowest BCUT2D eigenvalue weighted by atomic mass is 10.1. The van der Waals surface area contributed by atoms with Crippen molar-refractivity contribution in [2.45, 2.75) is 25.7 Å². The van der Waals surface area contributed by atoms with Crippen LogP contribution in [0.5, 0.6) is 0 Å². The second kappa shape index (κ2) is 8.51. The lowest BCUT2D eigenvalue weighted by Gasteiger charge is -2.28. The summed E-state index contributed by atoms with van der Waals surface area (Å²) >= 11 is 0. The molecule has 1 fully saturated rings. The molecule has 1 aliphatic rings. The minimum atomic E-state index is -0.419. The third-order valence-electron chi connectivity index (χ3n) is 4.42. The van der Waals surface area contributed by atoms with E-state index < -0.39 is 5.82 Å². The SMILES string of the molecule is O=C(CCNc1ccc(N2CCCCC2)cc1)Nc1ccccc1F.